The van der Waals surface area contributed by atoms with E-state index in [-0.39, 0.29) is 11.6 Å². The molecule has 1 saturated heterocycles. The predicted molar refractivity (Wildman–Crippen MR) is 98.6 cm³/mol. The highest BCUT2D eigenvalue weighted by Crippen LogP contribution is 2.26. The molecular formula is C18H24N6O2. The Bertz CT molecular complexity index is 850. The Morgan fingerprint density at radius 1 is 1.31 bits per heavy atom. The van der Waals surface area contributed by atoms with Crippen molar-refractivity contribution in [2.75, 3.05) is 37.0 Å². The van der Waals surface area contributed by atoms with Crippen molar-refractivity contribution in [3.05, 3.63) is 40.1 Å². The van der Waals surface area contributed by atoms with Gasteiger partial charge >= 0.3 is 0 Å². The van der Waals surface area contributed by atoms with Crippen LogP contribution in [0.5, 0.6) is 0 Å². The number of ether oxygens (including phenoxy) is 1. The Balaban J connectivity index is 1.58. The van der Waals surface area contributed by atoms with Crippen molar-refractivity contribution in [1.29, 1.82) is 0 Å². The van der Waals surface area contributed by atoms with E-state index < -0.39 is 0 Å². The van der Waals surface area contributed by atoms with Crippen LogP contribution in [0.2, 0.25) is 0 Å². The second kappa shape index (κ2) is 7.03. The van der Waals surface area contributed by atoms with Crippen LogP contribution in [-0.2, 0) is 24.3 Å². The molecule has 0 bridgehead atoms. The Labute approximate surface area is 152 Å². The van der Waals surface area contributed by atoms with Gasteiger partial charge in [-0.25, -0.2) is 14.6 Å². The van der Waals surface area contributed by atoms with E-state index in [2.05, 4.69) is 20.0 Å². The van der Waals surface area contributed by atoms with Crippen molar-refractivity contribution >= 4 is 11.6 Å². The monoisotopic (exact) mass is 356 g/mol. The first-order valence-electron chi connectivity index (χ1n) is 9.05. The van der Waals surface area contributed by atoms with Crippen molar-refractivity contribution in [3.63, 3.8) is 0 Å². The van der Waals surface area contributed by atoms with Gasteiger partial charge in [0, 0.05) is 44.8 Å². The number of rotatable bonds is 4. The molecule has 2 aromatic rings. The van der Waals surface area contributed by atoms with E-state index in [1.807, 2.05) is 25.1 Å². The summed E-state index contributed by atoms with van der Waals surface area (Å²) >= 11 is 0. The molecule has 0 amide bonds. The first-order chi connectivity index (χ1) is 12.6. The molecule has 2 aliphatic heterocycles. The lowest BCUT2D eigenvalue weighted by Gasteiger charge is -2.27. The Morgan fingerprint density at radius 3 is 3.04 bits per heavy atom. The maximum atomic E-state index is 12.5. The Kier molecular flexibility index (Phi) is 4.58. The van der Waals surface area contributed by atoms with Crippen molar-refractivity contribution in [2.24, 2.45) is 0 Å². The number of hydrogen-bond acceptors (Lipinski definition) is 7. The molecule has 0 spiro atoms. The van der Waals surface area contributed by atoms with Crippen LogP contribution in [0.15, 0.2) is 23.3 Å². The van der Waals surface area contributed by atoms with Crippen molar-refractivity contribution in [1.82, 2.24) is 19.7 Å². The van der Waals surface area contributed by atoms with Gasteiger partial charge in [0.25, 0.3) is 5.56 Å². The molecule has 1 fully saturated rings. The normalized spacial score (nSPS) is 19.5. The summed E-state index contributed by atoms with van der Waals surface area (Å²) in [4.78, 5) is 25.4. The summed E-state index contributed by atoms with van der Waals surface area (Å²) in [6.07, 6.45) is 4.47. The first-order valence-corrected chi connectivity index (χ1v) is 9.05. The molecule has 0 aromatic carbocycles. The first kappa shape index (κ1) is 17.0. The lowest BCUT2D eigenvalue weighted by atomic mass is 10.1. The van der Waals surface area contributed by atoms with Crippen LogP contribution >= 0.6 is 0 Å². The fraction of sp³-hybridized carbons (Fsp3) is 0.556. The van der Waals surface area contributed by atoms with E-state index >= 15 is 0 Å². The number of fused-ring (bicyclic) bond motifs is 1. The van der Waals surface area contributed by atoms with E-state index in [0.29, 0.717) is 19.8 Å². The van der Waals surface area contributed by atoms with E-state index in [1.54, 1.807) is 17.1 Å². The summed E-state index contributed by atoms with van der Waals surface area (Å²) in [5.74, 6) is 1.79. The minimum absolute atomic E-state index is 0.0576. The molecule has 0 N–H and O–H groups in total. The van der Waals surface area contributed by atoms with E-state index in [0.717, 1.165) is 48.7 Å². The fourth-order valence-electron chi connectivity index (χ4n) is 3.65. The van der Waals surface area contributed by atoms with Crippen LogP contribution < -0.4 is 15.4 Å². The number of nitrogens with zero attached hydrogens (tertiary/aromatic N) is 6. The zero-order valence-electron chi connectivity index (χ0n) is 15.3. The largest absolute Gasteiger partial charge is 0.376 e. The summed E-state index contributed by atoms with van der Waals surface area (Å²) in [6, 6.07) is 3.89. The molecule has 4 rings (SSSR count). The summed E-state index contributed by atoms with van der Waals surface area (Å²) in [6.45, 7) is 2.67. The SMILES string of the molecule is CN(C)c1cc(N2CCCC2Cn2nc3c(cc2=O)COCC3)ncn1. The fourth-order valence-corrected chi connectivity index (χ4v) is 3.65. The van der Waals surface area contributed by atoms with Crippen molar-refractivity contribution in [3.8, 4) is 0 Å². The molecule has 0 saturated carbocycles. The maximum Gasteiger partial charge on any atom is 0.267 e. The van der Waals surface area contributed by atoms with Gasteiger partial charge in [0.05, 0.1) is 31.5 Å². The predicted octanol–water partition coefficient (Wildman–Crippen LogP) is 0.841. The van der Waals surface area contributed by atoms with E-state index in [4.69, 9.17) is 4.74 Å². The van der Waals surface area contributed by atoms with Gasteiger partial charge in [0.15, 0.2) is 0 Å². The average Bonchev–Trinajstić information content (AvgIpc) is 3.10. The maximum absolute atomic E-state index is 12.5. The molecule has 26 heavy (non-hydrogen) atoms. The zero-order valence-corrected chi connectivity index (χ0v) is 15.3. The summed E-state index contributed by atoms with van der Waals surface area (Å²) in [5.41, 5.74) is 1.85. The smallest absolute Gasteiger partial charge is 0.267 e. The van der Waals surface area contributed by atoms with Gasteiger partial charge in [-0.15, -0.1) is 0 Å². The van der Waals surface area contributed by atoms with Crippen LogP contribution in [0.4, 0.5) is 11.6 Å². The van der Waals surface area contributed by atoms with Gasteiger partial charge in [-0.05, 0) is 12.8 Å². The van der Waals surface area contributed by atoms with Crippen LogP contribution in [0.3, 0.4) is 0 Å². The zero-order chi connectivity index (χ0) is 18.1. The number of aromatic nitrogens is 4. The van der Waals surface area contributed by atoms with Gasteiger partial charge < -0.3 is 14.5 Å². The van der Waals surface area contributed by atoms with Crippen LogP contribution in [0.25, 0.3) is 0 Å². The van der Waals surface area contributed by atoms with Gasteiger partial charge in [-0.2, -0.15) is 5.10 Å². The third-order valence-corrected chi connectivity index (χ3v) is 5.06. The molecule has 2 aromatic heterocycles. The second-order valence-electron chi connectivity index (χ2n) is 7.06. The molecule has 0 aliphatic carbocycles. The van der Waals surface area contributed by atoms with Crippen molar-refractivity contribution in [2.45, 2.75) is 38.5 Å². The molecule has 8 nitrogen and oxygen atoms in total. The van der Waals surface area contributed by atoms with Crippen LogP contribution in [-0.4, -0.2) is 53.0 Å². The minimum atomic E-state index is -0.0576. The number of anilines is 2. The highest BCUT2D eigenvalue weighted by Gasteiger charge is 2.27. The molecule has 4 heterocycles. The lowest BCUT2D eigenvalue weighted by Crippen LogP contribution is -2.38. The average molecular weight is 356 g/mol. The Morgan fingerprint density at radius 2 is 2.19 bits per heavy atom. The molecule has 8 heteroatoms. The summed E-state index contributed by atoms with van der Waals surface area (Å²) in [7, 11) is 3.93. The Hall–Kier alpha value is -2.48. The highest BCUT2D eigenvalue weighted by molar-refractivity contribution is 5.50. The summed E-state index contributed by atoms with van der Waals surface area (Å²) in [5, 5.41) is 4.61. The number of hydrogen-bond donors (Lipinski definition) is 0. The highest BCUT2D eigenvalue weighted by atomic mass is 16.5. The molecule has 0 radical (unpaired) electrons. The third kappa shape index (κ3) is 3.29. The van der Waals surface area contributed by atoms with Crippen molar-refractivity contribution < 1.29 is 4.74 Å². The van der Waals surface area contributed by atoms with Gasteiger partial charge in [-0.3, -0.25) is 4.79 Å². The molecule has 138 valence electrons. The van der Waals surface area contributed by atoms with Gasteiger partial charge in [-0.1, -0.05) is 0 Å². The molecular weight excluding hydrogens is 332 g/mol. The second-order valence-corrected chi connectivity index (χ2v) is 7.06. The van der Waals surface area contributed by atoms with E-state index in [1.165, 1.54) is 0 Å². The lowest BCUT2D eigenvalue weighted by molar-refractivity contribution is 0.108. The summed E-state index contributed by atoms with van der Waals surface area (Å²) < 4.78 is 7.03. The quantitative estimate of drug-likeness (QED) is 0.803. The third-order valence-electron chi connectivity index (χ3n) is 5.06. The van der Waals surface area contributed by atoms with Gasteiger partial charge in [0.1, 0.15) is 18.0 Å². The molecule has 1 unspecified atom stereocenters. The topological polar surface area (TPSA) is 76.4 Å². The molecule has 2 aliphatic rings. The van der Waals surface area contributed by atoms with Crippen LogP contribution in [0.1, 0.15) is 24.1 Å². The van der Waals surface area contributed by atoms with E-state index in [9.17, 15) is 4.79 Å². The van der Waals surface area contributed by atoms with Gasteiger partial charge in [0.2, 0.25) is 0 Å². The minimum Gasteiger partial charge on any atom is -0.376 e. The standard InChI is InChI=1S/C18H24N6O2/c1-22(2)16-9-17(20-12-19-16)23-6-3-4-14(23)10-24-18(25)8-13-11-26-7-5-15(13)21-24/h8-9,12,14H,3-7,10-11H2,1-2H3. The molecule has 1 atom stereocenters. The van der Waals surface area contributed by atoms with Crippen LogP contribution in [0, 0.1) is 0 Å².